The van der Waals surface area contributed by atoms with Crippen LogP contribution in [-0.2, 0) is 0 Å². The zero-order chi connectivity index (χ0) is 10.3. The van der Waals surface area contributed by atoms with E-state index < -0.39 is 0 Å². The Morgan fingerprint density at radius 3 is 2.80 bits per heavy atom. The Bertz CT molecular complexity index is 357. The van der Waals surface area contributed by atoms with Crippen LogP contribution in [0, 0.1) is 5.92 Å². The van der Waals surface area contributed by atoms with Crippen molar-refractivity contribution in [3.05, 3.63) is 29.9 Å². The summed E-state index contributed by atoms with van der Waals surface area (Å²) < 4.78 is 5.28. The Hall–Kier alpha value is -1.22. The molecule has 0 aliphatic carbocycles. The van der Waals surface area contributed by atoms with Crippen molar-refractivity contribution in [2.45, 2.75) is 18.9 Å². The van der Waals surface area contributed by atoms with Gasteiger partial charge in [-0.1, -0.05) is 0 Å². The van der Waals surface area contributed by atoms with Crippen molar-refractivity contribution in [3.8, 4) is 0 Å². The molecule has 80 valence electrons. The van der Waals surface area contributed by atoms with Gasteiger partial charge in [0.25, 0.3) is 0 Å². The SMILES string of the molecule is OC1/C(=C\c2ccco2)N2CCC1CC2. The molecule has 0 spiro atoms. The number of piperidine rings is 3. The molecule has 3 aliphatic rings. The van der Waals surface area contributed by atoms with Crippen LogP contribution in [0.4, 0.5) is 0 Å². The number of aliphatic hydroxyl groups excluding tert-OH is 1. The van der Waals surface area contributed by atoms with Gasteiger partial charge in [-0.15, -0.1) is 0 Å². The zero-order valence-corrected chi connectivity index (χ0v) is 8.60. The molecule has 0 radical (unpaired) electrons. The van der Waals surface area contributed by atoms with E-state index in [-0.39, 0.29) is 6.10 Å². The van der Waals surface area contributed by atoms with Crippen LogP contribution in [0.15, 0.2) is 28.5 Å². The van der Waals surface area contributed by atoms with E-state index in [0.29, 0.717) is 5.92 Å². The first-order valence-electron chi connectivity index (χ1n) is 5.53. The van der Waals surface area contributed by atoms with Crippen LogP contribution in [0.5, 0.6) is 0 Å². The third kappa shape index (κ3) is 1.47. The van der Waals surface area contributed by atoms with Crippen molar-refractivity contribution >= 4 is 6.08 Å². The molecule has 3 heteroatoms. The molecule has 4 heterocycles. The van der Waals surface area contributed by atoms with Crippen LogP contribution in [0.1, 0.15) is 18.6 Å². The fourth-order valence-corrected chi connectivity index (χ4v) is 2.60. The molecule has 0 saturated carbocycles. The summed E-state index contributed by atoms with van der Waals surface area (Å²) in [5, 5.41) is 10.1. The molecule has 15 heavy (non-hydrogen) atoms. The summed E-state index contributed by atoms with van der Waals surface area (Å²) in [6.07, 6.45) is 5.58. The van der Waals surface area contributed by atoms with Gasteiger partial charge in [0.2, 0.25) is 0 Å². The highest BCUT2D eigenvalue weighted by Gasteiger charge is 2.36. The van der Waals surface area contributed by atoms with E-state index in [1.807, 2.05) is 18.2 Å². The number of rotatable bonds is 1. The quantitative estimate of drug-likeness (QED) is 0.758. The predicted molar refractivity (Wildman–Crippen MR) is 57.0 cm³/mol. The molecule has 4 rings (SSSR count). The Labute approximate surface area is 89.0 Å². The lowest BCUT2D eigenvalue weighted by atomic mass is 9.83. The van der Waals surface area contributed by atoms with Crippen molar-refractivity contribution in [1.29, 1.82) is 0 Å². The summed E-state index contributed by atoms with van der Waals surface area (Å²) in [6, 6.07) is 3.79. The van der Waals surface area contributed by atoms with Crippen molar-refractivity contribution in [2.75, 3.05) is 13.1 Å². The first kappa shape index (κ1) is 9.04. The molecular weight excluding hydrogens is 190 g/mol. The minimum absolute atomic E-state index is 0.294. The molecule has 1 unspecified atom stereocenters. The molecule has 0 aromatic carbocycles. The molecule has 1 aromatic rings. The van der Waals surface area contributed by atoms with Crippen LogP contribution in [0.3, 0.4) is 0 Å². The maximum atomic E-state index is 10.1. The molecule has 3 saturated heterocycles. The average Bonchev–Trinajstić information content (AvgIpc) is 2.77. The number of aliphatic hydroxyl groups is 1. The highest BCUT2D eigenvalue weighted by molar-refractivity contribution is 5.49. The summed E-state index contributed by atoms with van der Waals surface area (Å²) >= 11 is 0. The number of hydrogen-bond donors (Lipinski definition) is 1. The van der Waals surface area contributed by atoms with Gasteiger partial charge in [-0.3, -0.25) is 0 Å². The summed E-state index contributed by atoms with van der Waals surface area (Å²) in [5.41, 5.74) is 1.03. The lowest BCUT2D eigenvalue weighted by molar-refractivity contribution is 0.0213. The van der Waals surface area contributed by atoms with Crippen LogP contribution in [0.2, 0.25) is 0 Å². The average molecular weight is 205 g/mol. The van der Waals surface area contributed by atoms with Gasteiger partial charge in [0, 0.05) is 24.9 Å². The largest absolute Gasteiger partial charge is 0.465 e. The van der Waals surface area contributed by atoms with Crippen molar-refractivity contribution in [2.24, 2.45) is 5.92 Å². The van der Waals surface area contributed by atoms with E-state index in [1.165, 1.54) is 0 Å². The minimum Gasteiger partial charge on any atom is -0.465 e. The van der Waals surface area contributed by atoms with Crippen LogP contribution in [0.25, 0.3) is 6.08 Å². The molecular formula is C12H15NO2. The first-order valence-corrected chi connectivity index (χ1v) is 5.53. The van der Waals surface area contributed by atoms with Crippen LogP contribution in [-0.4, -0.2) is 29.2 Å². The van der Waals surface area contributed by atoms with Crippen LogP contribution < -0.4 is 0 Å². The number of nitrogens with zero attached hydrogens (tertiary/aromatic N) is 1. The van der Waals surface area contributed by atoms with E-state index in [1.54, 1.807) is 6.26 Å². The summed E-state index contributed by atoms with van der Waals surface area (Å²) in [6.45, 7) is 2.16. The van der Waals surface area contributed by atoms with E-state index in [9.17, 15) is 5.11 Å². The van der Waals surface area contributed by atoms with E-state index in [4.69, 9.17) is 4.42 Å². The molecule has 1 aromatic heterocycles. The number of furan rings is 1. The Balaban J connectivity index is 1.92. The molecule has 1 atom stereocenters. The highest BCUT2D eigenvalue weighted by Crippen LogP contribution is 2.35. The first-order chi connectivity index (χ1) is 7.34. The molecule has 3 nitrogen and oxygen atoms in total. The van der Waals surface area contributed by atoms with Crippen LogP contribution >= 0.6 is 0 Å². The topological polar surface area (TPSA) is 36.6 Å². The fraction of sp³-hybridized carbons (Fsp3) is 0.500. The summed E-state index contributed by atoms with van der Waals surface area (Å²) in [5.74, 6) is 1.29. The normalized spacial score (nSPS) is 32.6. The van der Waals surface area contributed by atoms with Gasteiger partial charge in [-0.2, -0.15) is 0 Å². The fourth-order valence-electron chi connectivity index (χ4n) is 2.60. The van der Waals surface area contributed by atoms with Gasteiger partial charge in [0.05, 0.1) is 12.4 Å². The monoisotopic (exact) mass is 205 g/mol. The standard InChI is InChI=1S/C12H15NO2/c14-12-9-3-5-13(6-4-9)11(12)8-10-2-1-7-15-10/h1-2,7-9,12,14H,3-6H2/b11-8+. The van der Waals surface area contributed by atoms with Gasteiger partial charge in [-0.05, 0) is 30.9 Å². The lowest BCUT2D eigenvalue weighted by Gasteiger charge is -2.45. The maximum absolute atomic E-state index is 10.1. The predicted octanol–water partition coefficient (Wildman–Crippen LogP) is 1.71. The Kier molecular flexibility index (Phi) is 2.06. The maximum Gasteiger partial charge on any atom is 0.128 e. The van der Waals surface area contributed by atoms with E-state index in [2.05, 4.69) is 4.90 Å². The second kappa shape index (κ2) is 3.42. The van der Waals surface area contributed by atoms with Gasteiger partial charge in [0.1, 0.15) is 5.76 Å². The Morgan fingerprint density at radius 2 is 2.20 bits per heavy atom. The number of fused-ring (bicyclic) bond motifs is 3. The molecule has 3 fully saturated rings. The van der Waals surface area contributed by atoms with Gasteiger partial charge < -0.3 is 14.4 Å². The highest BCUT2D eigenvalue weighted by atomic mass is 16.3. The third-order valence-corrected chi connectivity index (χ3v) is 3.49. The van der Waals surface area contributed by atoms with Crippen molar-refractivity contribution < 1.29 is 9.52 Å². The second-order valence-electron chi connectivity index (χ2n) is 4.35. The zero-order valence-electron chi connectivity index (χ0n) is 8.60. The van der Waals surface area contributed by atoms with Gasteiger partial charge in [0.15, 0.2) is 0 Å². The lowest BCUT2D eigenvalue weighted by Crippen LogP contribution is -2.48. The third-order valence-electron chi connectivity index (χ3n) is 3.49. The Morgan fingerprint density at radius 1 is 1.40 bits per heavy atom. The second-order valence-corrected chi connectivity index (χ2v) is 4.35. The van der Waals surface area contributed by atoms with Gasteiger partial charge >= 0.3 is 0 Å². The van der Waals surface area contributed by atoms with E-state index in [0.717, 1.165) is 37.4 Å². The molecule has 1 N–H and O–H groups in total. The molecule has 2 bridgehead atoms. The minimum atomic E-state index is -0.294. The van der Waals surface area contributed by atoms with E-state index >= 15 is 0 Å². The molecule has 3 aliphatic heterocycles. The number of hydrogen-bond acceptors (Lipinski definition) is 3. The summed E-state index contributed by atoms with van der Waals surface area (Å²) in [7, 11) is 0. The smallest absolute Gasteiger partial charge is 0.128 e. The summed E-state index contributed by atoms with van der Waals surface area (Å²) in [4.78, 5) is 2.27. The van der Waals surface area contributed by atoms with Crippen molar-refractivity contribution in [3.63, 3.8) is 0 Å². The van der Waals surface area contributed by atoms with Crippen molar-refractivity contribution in [1.82, 2.24) is 4.90 Å². The molecule has 0 amide bonds. The van der Waals surface area contributed by atoms with Gasteiger partial charge in [-0.25, -0.2) is 0 Å².